The molecule has 2 aromatic rings. The maximum Gasteiger partial charge on any atom is 0.339 e. The zero-order valence-electron chi connectivity index (χ0n) is 17.1. The molecule has 2 saturated heterocycles. The van der Waals surface area contributed by atoms with E-state index in [1.165, 1.54) is 4.31 Å². The number of fused-ring (bicyclic) bond motifs is 2. The smallest absolute Gasteiger partial charge is 0.339 e. The molecule has 2 aromatic carbocycles. The Hall–Kier alpha value is -2.71. The Labute approximate surface area is 181 Å². The number of rotatable bonds is 3. The minimum absolute atomic E-state index is 0.0646. The SMILES string of the molecule is O=C1OC2(CCN(C(=O)C3CCCN(S(=O)(=O)c4ccccc4)C3)C2)c2ccccc21. The van der Waals surface area contributed by atoms with E-state index in [2.05, 4.69) is 0 Å². The molecule has 5 rings (SSSR count). The molecule has 2 atom stereocenters. The zero-order valence-corrected chi connectivity index (χ0v) is 17.9. The highest BCUT2D eigenvalue weighted by molar-refractivity contribution is 7.89. The van der Waals surface area contributed by atoms with E-state index in [4.69, 9.17) is 4.74 Å². The number of nitrogens with zero attached hydrogens (tertiary/aromatic N) is 2. The number of carbonyl (C=O) groups is 2. The number of likely N-dealkylation sites (tertiary alicyclic amines) is 1. The van der Waals surface area contributed by atoms with Gasteiger partial charge in [-0.15, -0.1) is 0 Å². The molecule has 0 aliphatic carbocycles. The normalized spacial score (nSPS) is 26.1. The topological polar surface area (TPSA) is 84.0 Å². The van der Waals surface area contributed by atoms with Gasteiger partial charge in [-0.3, -0.25) is 4.79 Å². The van der Waals surface area contributed by atoms with E-state index in [0.29, 0.717) is 44.5 Å². The summed E-state index contributed by atoms with van der Waals surface area (Å²) in [6.07, 6.45) is 1.85. The summed E-state index contributed by atoms with van der Waals surface area (Å²) in [5, 5.41) is 0. The number of ether oxygens (including phenoxy) is 1. The van der Waals surface area contributed by atoms with Gasteiger partial charge in [0.05, 0.1) is 22.9 Å². The largest absolute Gasteiger partial charge is 0.449 e. The second-order valence-corrected chi connectivity index (χ2v) is 10.4. The van der Waals surface area contributed by atoms with Crippen molar-refractivity contribution in [1.29, 1.82) is 0 Å². The second kappa shape index (κ2) is 7.46. The third-order valence-electron chi connectivity index (χ3n) is 6.58. The van der Waals surface area contributed by atoms with Crippen molar-refractivity contribution >= 4 is 21.9 Å². The summed E-state index contributed by atoms with van der Waals surface area (Å²) in [6, 6.07) is 15.7. The van der Waals surface area contributed by atoms with Gasteiger partial charge in [-0.05, 0) is 31.0 Å². The Bertz CT molecular complexity index is 1130. The number of esters is 1. The van der Waals surface area contributed by atoms with Crippen LogP contribution in [0.2, 0.25) is 0 Å². The molecular weight excluding hydrogens is 416 g/mol. The van der Waals surface area contributed by atoms with Gasteiger partial charge in [0, 0.05) is 31.6 Å². The van der Waals surface area contributed by atoms with Crippen molar-refractivity contribution < 1.29 is 22.7 Å². The molecule has 3 heterocycles. The molecule has 7 nitrogen and oxygen atoms in total. The number of hydrogen-bond donors (Lipinski definition) is 0. The van der Waals surface area contributed by atoms with Gasteiger partial charge in [-0.2, -0.15) is 4.31 Å². The summed E-state index contributed by atoms with van der Waals surface area (Å²) < 4.78 is 33.2. The monoisotopic (exact) mass is 440 g/mol. The summed E-state index contributed by atoms with van der Waals surface area (Å²) in [5.74, 6) is -0.803. The lowest BCUT2D eigenvalue weighted by Crippen LogP contribution is -2.46. The predicted octanol–water partition coefficient (Wildman–Crippen LogP) is 2.39. The second-order valence-electron chi connectivity index (χ2n) is 8.45. The summed E-state index contributed by atoms with van der Waals surface area (Å²) >= 11 is 0. The molecule has 2 unspecified atom stereocenters. The van der Waals surface area contributed by atoms with E-state index >= 15 is 0 Å². The highest BCUT2D eigenvalue weighted by atomic mass is 32.2. The van der Waals surface area contributed by atoms with Crippen LogP contribution in [0.25, 0.3) is 0 Å². The van der Waals surface area contributed by atoms with Crippen LogP contribution in [0, 0.1) is 5.92 Å². The first-order valence-corrected chi connectivity index (χ1v) is 12.0. The average Bonchev–Trinajstić information content (AvgIpc) is 3.35. The maximum atomic E-state index is 13.3. The third-order valence-corrected chi connectivity index (χ3v) is 8.46. The minimum atomic E-state index is -3.63. The van der Waals surface area contributed by atoms with Gasteiger partial charge in [0.1, 0.15) is 0 Å². The standard InChI is InChI=1S/C23H24N2O5S/c26-21(17-7-6-13-25(15-17)31(28,29)18-8-2-1-3-9-18)24-14-12-23(16-24)20-11-5-4-10-19(20)22(27)30-23/h1-5,8-11,17H,6-7,12-16H2. The molecule has 0 aromatic heterocycles. The van der Waals surface area contributed by atoms with Gasteiger partial charge >= 0.3 is 5.97 Å². The first kappa shape index (κ1) is 20.2. The molecule has 0 saturated carbocycles. The molecule has 8 heteroatoms. The van der Waals surface area contributed by atoms with E-state index in [1.807, 2.05) is 12.1 Å². The molecule has 0 bridgehead atoms. The fraction of sp³-hybridized carbons (Fsp3) is 0.391. The van der Waals surface area contributed by atoms with Gasteiger partial charge < -0.3 is 9.64 Å². The third kappa shape index (κ3) is 3.34. The van der Waals surface area contributed by atoms with Crippen LogP contribution in [0.5, 0.6) is 0 Å². The van der Waals surface area contributed by atoms with Gasteiger partial charge in [0.15, 0.2) is 5.60 Å². The van der Waals surface area contributed by atoms with Crippen molar-refractivity contribution in [3.05, 3.63) is 65.7 Å². The minimum Gasteiger partial charge on any atom is -0.449 e. The Balaban J connectivity index is 1.32. The lowest BCUT2D eigenvalue weighted by atomic mass is 9.91. The molecule has 31 heavy (non-hydrogen) atoms. The van der Waals surface area contributed by atoms with E-state index in [0.717, 1.165) is 5.56 Å². The number of benzene rings is 2. The van der Waals surface area contributed by atoms with Crippen molar-refractivity contribution in [3.63, 3.8) is 0 Å². The molecule has 162 valence electrons. The molecular formula is C23H24N2O5S. The van der Waals surface area contributed by atoms with Gasteiger partial charge in [-0.1, -0.05) is 36.4 Å². The fourth-order valence-corrected chi connectivity index (χ4v) is 6.53. The predicted molar refractivity (Wildman–Crippen MR) is 113 cm³/mol. The summed E-state index contributed by atoms with van der Waals surface area (Å²) in [4.78, 5) is 27.6. The van der Waals surface area contributed by atoms with Crippen LogP contribution >= 0.6 is 0 Å². The summed E-state index contributed by atoms with van der Waals surface area (Å²) in [6.45, 7) is 1.39. The van der Waals surface area contributed by atoms with Gasteiger partial charge in [-0.25, -0.2) is 13.2 Å². The number of hydrogen-bond acceptors (Lipinski definition) is 5. The van der Waals surface area contributed by atoms with E-state index in [1.54, 1.807) is 47.4 Å². The van der Waals surface area contributed by atoms with E-state index in [9.17, 15) is 18.0 Å². The summed E-state index contributed by atoms with van der Waals surface area (Å²) in [5.41, 5.74) is 0.621. The first-order valence-electron chi connectivity index (χ1n) is 10.6. The number of piperidine rings is 1. The van der Waals surface area contributed by atoms with Crippen LogP contribution in [0.4, 0.5) is 0 Å². The van der Waals surface area contributed by atoms with Gasteiger partial charge in [0.25, 0.3) is 0 Å². The zero-order chi connectivity index (χ0) is 21.6. The average molecular weight is 441 g/mol. The summed E-state index contributed by atoms with van der Waals surface area (Å²) in [7, 11) is -3.63. The van der Waals surface area contributed by atoms with Crippen LogP contribution < -0.4 is 0 Å². The molecule has 2 fully saturated rings. The van der Waals surface area contributed by atoms with Crippen molar-refractivity contribution in [1.82, 2.24) is 9.21 Å². The van der Waals surface area contributed by atoms with Crippen molar-refractivity contribution in [2.75, 3.05) is 26.2 Å². The highest BCUT2D eigenvalue weighted by Crippen LogP contribution is 2.43. The lowest BCUT2D eigenvalue weighted by molar-refractivity contribution is -0.136. The van der Waals surface area contributed by atoms with E-state index in [-0.39, 0.29) is 23.3 Å². The lowest BCUT2D eigenvalue weighted by Gasteiger charge is -2.33. The number of amides is 1. The van der Waals surface area contributed by atoms with Crippen LogP contribution in [0.3, 0.4) is 0 Å². The number of sulfonamides is 1. The Morgan fingerprint density at radius 3 is 2.58 bits per heavy atom. The molecule has 1 amide bonds. The fourth-order valence-electron chi connectivity index (χ4n) is 4.98. The maximum absolute atomic E-state index is 13.3. The quantitative estimate of drug-likeness (QED) is 0.685. The Kier molecular flexibility index (Phi) is 4.86. The van der Waals surface area contributed by atoms with Crippen molar-refractivity contribution in [3.8, 4) is 0 Å². The van der Waals surface area contributed by atoms with E-state index < -0.39 is 21.5 Å². The van der Waals surface area contributed by atoms with Crippen LogP contribution in [-0.4, -0.2) is 55.7 Å². The highest BCUT2D eigenvalue weighted by Gasteiger charge is 2.51. The Morgan fingerprint density at radius 1 is 1.03 bits per heavy atom. The van der Waals surface area contributed by atoms with Crippen molar-refractivity contribution in [2.24, 2.45) is 5.92 Å². The molecule has 1 spiro atoms. The van der Waals surface area contributed by atoms with Gasteiger partial charge in [0.2, 0.25) is 15.9 Å². The number of carbonyl (C=O) groups excluding carboxylic acids is 2. The Morgan fingerprint density at radius 2 is 1.77 bits per heavy atom. The first-order chi connectivity index (χ1) is 14.9. The van der Waals surface area contributed by atoms with Crippen molar-refractivity contribution in [2.45, 2.75) is 29.8 Å². The van der Waals surface area contributed by atoms with Crippen LogP contribution in [0.15, 0.2) is 59.5 Å². The van der Waals surface area contributed by atoms with Crippen LogP contribution in [-0.2, 0) is 25.2 Å². The van der Waals surface area contributed by atoms with Crippen LogP contribution in [0.1, 0.15) is 35.2 Å². The molecule has 0 N–H and O–H groups in total. The molecule has 3 aliphatic heterocycles. The molecule has 0 radical (unpaired) electrons. The molecule has 3 aliphatic rings.